The lowest BCUT2D eigenvalue weighted by molar-refractivity contribution is 0.0313. The van der Waals surface area contributed by atoms with Gasteiger partial charge in [0.05, 0.1) is 18.2 Å². The highest BCUT2D eigenvalue weighted by Gasteiger charge is 2.23. The van der Waals surface area contributed by atoms with Crippen molar-refractivity contribution in [3.05, 3.63) is 70.8 Å². The summed E-state index contributed by atoms with van der Waals surface area (Å²) in [5.41, 5.74) is 1.75. The molecule has 0 N–H and O–H groups in total. The summed E-state index contributed by atoms with van der Waals surface area (Å²) in [5, 5.41) is 0. The fourth-order valence-electron chi connectivity index (χ4n) is 2.37. The van der Waals surface area contributed by atoms with E-state index in [4.69, 9.17) is 4.74 Å². The van der Waals surface area contributed by atoms with Gasteiger partial charge in [-0.05, 0) is 31.0 Å². The number of rotatable bonds is 6. The first-order valence-electron chi connectivity index (χ1n) is 7.99. The monoisotopic (exact) mass is 340 g/mol. The highest BCUT2D eigenvalue weighted by molar-refractivity contribution is 6.05. The van der Waals surface area contributed by atoms with Gasteiger partial charge < -0.3 is 9.47 Å². The molecular formula is C20H20O5. The number of hydrogen-bond donors (Lipinski definition) is 0. The van der Waals surface area contributed by atoms with Crippen LogP contribution in [0.2, 0.25) is 0 Å². The van der Waals surface area contributed by atoms with Crippen molar-refractivity contribution in [3.8, 4) is 0 Å². The summed E-state index contributed by atoms with van der Waals surface area (Å²) in [5.74, 6) is -1.68. The van der Waals surface area contributed by atoms with Crippen LogP contribution in [0, 0.1) is 0 Å². The number of methoxy groups -OCH3 is 1. The largest absolute Gasteiger partial charge is 0.465 e. The van der Waals surface area contributed by atoms with Crippen LogP contribution in [0.15, 0.2) is 48.5 Å². The lowest BCUT2D eigenvalue weighted by Crippen LogP contribution is -2.25. The first-order chi connectivity index (χ1) is 12.0. The maximum Gasteiger partial charge on any atom is 0.339 e. The molecule has 0 heterocycles. The Morgan fingerprint density at radius 3 is 2.00 bits per heavy atom. The fourth-order valence-corrected chi connectivity index (χ4v) is 2.37. The molecule has 2 rings (SSSR count). The van der Waals surface area contributed by atoms with Gasteiger partial charge >= 0.3 is 11.9 Å². The van der Waals surface area contributed by atoms with Gasteiger partial charge in [-0.2, -0.15) is 0 Å². The molecule has 5 heteroatoms. The van der Waals surface area contributed by atoms with E-state index < -0.39 is 18.0 Å². The maximum atomic E-state index is 12.4. The molecule has 1 unspecified atom stereocenters. The minimum absolute atomic E-state index is 0.0651. The molecule has 25 heavy (non-hydrogen) atoms. The summed E-state index contributed by atoms with van der Waals surface area (Å²) in [6, 6.07) is 13.3. The van der Waals surface area contributed by atoms with Gasteiger partial charge in [0.2, 0.25) is 5.78 Å². The van der Waals surface area contributed by atoms with Crippen molar-refractivity contribution < 1.29 is 23.9 Å². The second-order valence-electron chi connectivity index (χ2n) is 5.50. The summed E-state index contributed by atoms with van der Waals surface area (Å²) >= 11 is 0. The molecule has 2 aromatic carbocycles. The lowest BCUT2D eigenvalue weighted by atomic mass is 10.0. The Bertz CT molecular complexity index is 777. The standard InChI is InChI=1S/C20H20O5/c1-4-14-9-11-15(12-10-14)18(21)13(2)25-20(23)17-8-6-5-7-16(17)19(22)24-3/h5-13H,4H2,1-3H3. The Kier molecular flexibility index (Phi) is 6.06. The molecule has 0 aliphatic heterocycles. The van der Waals surface area contributed by atoms with Crippen LogP contribution in [0.25, 0.3) is 0 Å². The van der Waals surface area contributed by atoms with Crippen molar-refractivity contribution in [1.82, 2.24) is 0 Å². The van der Waals surface area contributed by atoms with Crippen LogP contribution in [0.3, 0.4) is 0 Å². The molecule has 0 radical (unpaired) electrons. The summed E-state index contributed by atoms with van der Waals surface area (Å²) in [6.07, 6.45) is -0.0887. The number of carbonyl (C=O) groups is 3. The van der Waals surface area contributed by atoms with Crippen LogP contribution in [0.5, 0.6) is 0 Å². The van der Waals surface area contributed by atoms with Crippen molar-refractivity contribution in [2.75, 3.05) is 7.11 Å². The predicted molar refractivity (Wildman–Crippen MR) is 92.8 cm³/mol. The molecule has 0 aliphatic rings. The SMILES string of the molecule is CCc1ccc(C(=O)C(C)OC(=O)c2ccccc2C(=O)OC)cc1. The van der Waals surface area contributed by atoms with Crippen LogP contribution < -0.4 is 0 Å². The van der Waals surface area contributed by atoms with E-state index in [1.807, 2.05) is 19.1 Å². The van der Waals surface area contributed by atoms with Crippen molar-refractivity contribution in [3.63, 3.8) is 0 Å². The van der Waals surface area contributed by atoms with Gasteiger partial charge in [0.25, 0.3) is 0 Å². The van der Waals surface area contributed by atoms with Crippen LogP contribution in [0.4, 0.5) is 0 Å². The van der Waals surface area contributed by atoms with Crippen molar-refractivity contribution in [2.45, 2.75) is 26.4 Å². The van der Waals surface area contributed by atoms with E-state index in [1.54, 1.807) is 24.3 Å². The van der Waals surface area contributed by atoms with Crippen LogP contribution in [-0.4, -0.2) is 30.9 Å². The zero-order chi connectivity index (χ0) is 18.4. The molecule has 5 nitrogen and oxygen atoms in total. The summed E-state index contributed by atoms with van der Waals surface area (Å²) < 4.78 is 9.91. The minimum atomic E-state index is -0.967. The normalized spacial score (nSPS) is 11.5. The first-order valence-corrected chi connectivity index (χ1v) is 7.99. The van der Waals surface area contributed by atoms with E-state index in [1.165, 1.54) is 26.2 Å². The molecule has 0 amide bonds. The molecule has 130 valence electrons. The molecular weight excluding hydrogens is 320 g/mol. The predicted octanol–water partition coefficient (Wildman–Crippen LogP) is 3.46. The molecule has 2 aromatic rings. The number of aryl methyl sites for hydroxylation is 1. The zero-order valence-corrected chi connectivity index (χ0v) is 14.4. The Hall–Kier alpha value is -2.95. The quantitative estimate of drug-likeness (QED) is 0.595. The smallest absolute Gasteiger partial charge is 0.339 e. The van der Waals surface area contributed by atoms with Crippen LogP contribution in [-0.2, 0) is 15.9 Å². The van der Waals surface area contributed by atoms with Crippen molar-refractivity contribution in [2.24, 2.45) is 0 Å². The second kappa shape index (κ2) is 8.24. The average molecular weight is 340 g/mol. The Morgan fingerprint density at radius 2 is 1.48 bits per heavy atom. The number of Topliss-reactive ketones (excluding diaryl/α,β-unsaturated/α-hetero) is 1. The number of esters is 2. The van der Waals surface area contributed by atoms with E-state index in [0.717, 1.165) is 12.0 Å². The molecule has 1 atom stereocenters. The van der Waals surface area contributed by atoms with Crippen molar-refractivity contribution in [1.29, 1.82) is 0 Å². The zero-order valence-electron chi connectivity index (χ0n) is 14.4. The number of benzene rings is 2. The third kappa shape index (κ3) is 4.32. The van der Waals surface area contributed by atoms with Gasteiger partial charge in [0.1, 0.15) is 0 Å². The van der Waals surface area contributed by atoms with Crippen molar-refractivity contribution >= 4 is 17.7 Å². The van der Waals surface area contributed by atoms with Gasteiger partial charge in [0.15, 0.2) is 6.10 Å². The number of ether oxygens (including phenoxy) is 2. The van der Waals surface area contributed by atoms with E-state index in [-0.39, 0.29) is 16.9 Å². The highest BCUT2D eigenvalue weighted by Crippen LogP contribution is 2.15. The van der Waals surface area contributed by atoms with Crippen LogP contribution in [0.1, 0.15) is 50.5 Å². The van der Waals surface area contributed by atoms with Gasteiger partial charge in [0, 0.05) is 5.56 Å². The molecule has 0 fully saturated rings. The van der Waals surface area contributed by atoms with E-state index in [2.05, 4.69) is 4.74 Å². The Morgan fingerprint density at radius 1 is 0.920 bits per heavy atom. The molecule has 0 saturated heterocycles. The van der Waals surface area contributed by atoms with E-state index >= 15 is 0 Å². The minimum Gasteiger partial charge on any atom is -0.465 e. The maximum absolute atomic E-state index is 12.4. The summed E-state index contributed by atoms with van der Waals surface area (Å²) in [6.45, 7) is 3.54. The molecule has 0 saturated carbocycles. The molecule has 0 aliphatic carbocycles. The number of ketones is 1. The summed E-state index contributed by atoms with van der Waals surface area (Å²) in [4.78, 5) is 36.5. The summed E-state index contributed by atoms with van der Waals surface area (Å²) in [7, 11) is 1.23. The second-order valence-corrected chi connectivity index (χ2v) is 5.50. The van der Waals surface area contributed by atoms with Gasteiger partial charge in [-0.1, -0.05) is 43.3 Å². The Balaban J connectivity index is 2.14. The number of carbonyl (C=O) groups excluding carboxylic acids is 3. The third-order valence-electron chi connectivity index (χ3n) is 3.85. The van der Waals surface area contributed by atoms with Crippen LogP contribution >= 0.6 is 0 Å². The van der Waals surface area contributed by atoms with Gasteiger partial charge in [-0.3, -0.25) is 4.79 Å². The van der Waals surface area contributed by atoms with E-state index in [9.17, 15) is 14.4 Å². The Labute approximate surface area is 146 Å². The van der Waals surface area contributed by atoms with Gasteiger partial charge in [-0.15, -0.1) is 0 Å². The molecule has 0 aromatic heterocycles. The average Bonchev–Trinajstić information content (AvgIpc) is 2.66. The van der Waals surface area contributed by atoms with Gasteiger partial charge in [-0.25, -0.2) is 9.59 Å². The first kappa shape index (κ1) is 18.4. The molecule has 0 spiro atoms. The highest BCUT2D eigenvalue weighted by atomic mass is 16.5. The lowest BCUT2D eigenvalue weighted by Gasteiger charge is -2.14. The van der Waals surface area contributed by atoms with E-state index in [0.29, 0.717) is 5.56 Å². The number of hydrogen-bond acceptors (Lipinski definition) is 5. The topological polar surface area (TPSA) is 69.7 Å². The molecule has 0 bridgehead atoms. The fraction of sp³-hybridized carbons (Fsp3) is 0.250. The third-order valence-corrected chi connectivity index (χ3v) is 3.85.